The van der Waals surface area contributed by atoms with Crippen molar-refractivity contribution in [3.63, 3.8) is 0 Å². The Morgan fingerprint density at radius 3 is 2.72 bits per heavy atom. The van der Waals surface area contributed by atoms with Gasteiger partial charge >= 0.3 is 6.43 Å². The molecule has 4 nitrogen and oxygen atoms in total. The minimum absolute atomic E-state index is 0.149. The van der Waals surface area contributed by atoms with Gasteiger partial charge in [0.25, 0.3) is 5.91 Å². The number of hydrogen-bond acceptors (Lipinski definition) is 3. The van der Waals surface area contributed by atoms with Crippen molar-refractivity contribution in [2.75, 3.05) is 19.6 Å². The van der Waals surface area contributed by atoms with E-state index in [0.717, 1.165) is 25.9 Å². The molecule has 1 saturated heterocycles. The zero-order valence-corrected chi connectivity index (χ0v) is 9.94. The molecule has 2 heterocycles. The molecule has 0 spiro atoms. The fourth-order valence-electron chi connectivity index (χ4n) is 2.22. The van der Waals surface area contributed by atoms with Crippen LogP contribution in [0, 0.1) is 0 Å². The van der Waals surface area contributed by atoms with Gasteiger partial charge in [0.05, 0.1) is 12.3 Å². The summed E-state index contributed by atoms with van der Waals surface area (Å²) in [6, 6.07) is 3.40. The van der Waals surface area contributed by atoms with E-state index < -0.39 is 12.3 Å². The van der Waals surface area contributed by atoms with Crippen molar-refractivity contribution in [3.8, 4) is 0 Å². The van der Waals surface area contributed by atoms with Crippen LogP contribution in [-0.2, 0) is 4.79 Å². The molecular weight excluding hydrogens is 242 g/mol. The lowest BCUT2D eigenvalue weighted by molar-refractivity contribution is -0.132. The van der Waals surface area contributed by atoms with Crippen LogP contribution in [0.4, 0.5) is 8.78 Å². The lowest BCUT2D eigenvalue weighted by Crippen LogP contribution is -2.38. The second-order valence-corrected chi connectivity index (χ2v) is 4.32. The molecule has 0 radical (unpaired) electrons. The molecule has 1 aromatic heterocycles. The highest BCUT2D eigenvalue weighted by Gasteiger charge is 2.27. The Hall–Kier alpha value is -1.43. The molecule has 1 N–H and O–H groups in total. The number of carbonyl (C=O) groups excluding carboxylic acids is 1. The number of furan rings is 1. The maximum Gasteiger partial charge on any atom is 0.315 e. The van der Waals surface area contributed by atoms with Crippen molar-refractivity contribution in [2.24, 2.45) is 0 Å². The summed E-state index contributed by atoms with van der Waals surface area (Å²) < 4.78 is 29.6. The van der Waals surface area contributed by atoms with Crippen LogP contribution >= 0.6 is 0 Å². The van der Waals surface area contributed by atoms with E-state index >= 15 is 0 Å². The molecule has 1 amide bonds. The van der Waals surface area contributed by atoms with E-state index in [2.05, 4.69) is 10.2 Å². The Labute approximate surface area is 104 Å². The molecule has 6 heteroatoms. The fourth-order valence-corrected chi connectivity index (χ4v) is 2.22. The zero-order valence-electron chi connectivity index (χ0n) is 9.94. The summed E-state index contributed by atoms with van der Waals surface area (Å²) >= 11 is 0. The van der Waals surface area contributed by atoms with Gasteiger partial charge in [0, 0.05) is 6.54 Å². The standard InChI is InChI=1S/C12H16F2N2O2/c13-11(14)12(17)15-8-9(10-4-3-7-18-10)16-5-1-2-6-16/h3-4,7,9,11H,1-2,5-6,8H2,(H,15,17). The van der Waals surface area contributed by atoms with Gasteiger partial charge in [0.15, 0.2) is 0 Å². The third kappa shape index (κ3) is 3.07. The number of amides is 1. The van der Waals surface area contributed by atoms with E-state index in [9.17, 15) is 13.6 Å². The van der Waals surface area contributed by atoms with Crippen LogP contribution in [0.1, 0.15) is 24.6 Å². The van der Waals surface area contributed by atoms with Gasteiger partial charge in [-0.3, -0.25) is 9.69 Å². The van der Waals surface area contributed by atoms with E-state index in [0.29, 0.717) is 5.76 Å². The van der Waals surface area contributed by atoms with E-state index in [1.165, 1.54) is 0 Å². The quantitative estimate of drug-likeness (QED) is 0.876. The van der Waals surface area contributed by atoms with Crippen LogP contribution in [0.5, 0.6) is 0 Å². The molecular formula is C12H16F2N2O2. The monoisotopic (exact) mass is 258 g/mol. The molecule has 0 bridgehead atoms. The third-order valence-electron chi connectivity index (χ3n) is 3.12. The van der Waals surface area contributed by atoms with E-state index in [4.69, 9.17) is 4.42 Å². The zero-order chi connectivity index (χ0) is 13.0. The Balaban J connectivity index is 1.99. The molecule has 2 rings (SSSR count). The Morgan fingerprint density at radius 1 is 1.44 bits per heavy atom. The fraction of sp³-hybridized carbons (Fsp3) is 0.583. The summed E-state index contributed by atoms with van der Waals surface area (Å²) in [5.74, 6) is -0.530. The van der Waals surface area contributed by atoms with Gasteiger partial charge in [-0.2, -0.15) is 8.78 Å². The minimum atomic E-state index is -2.97. The van der Waals surface area contributed by atoms with Crippen molar-refractivity contribution < 1.29 is 18.0 Å². The number of rotatable bonds is 5. The predicted molar refractivity (Wildman–Crippen MR) is 61.3 cm³/mol. The van der Waals surface area contributed by atoms with Gasteiger partial charge < -0.3 is 9.73 Å². The van der Waals surface area contributed by atoms with E-state index in [1.807, 2.05) is 0 Å². The third-order valence-corrected chi connectivity index (χ3v) is 3.12. The van der Waals surface area contributed by atoms with Crippen molar-refractivity contribution in [2.45, 2.75) is 25.3 Å². The lowest BCUT2D eigenvalue weighted by atomic mass is 10.2. The molecule has 1 aromatic rings. The number of nitrogens with one attached hydrogen (secondary N) is 1. The number of hydrogen-bond donors (Lipinski definition) is 1. The Morgan fingerprint density at radius 2 is 2.17 bits per heavy atom. The molecule has 0 saturated carbocycles. The largest absolute Gasteiger partial charge is 0.468 e. The number of carbonyl (C=O) groups is 1. The van der Waals surface area contributed by atoms with Crippen LogP contribution in [-0.4, -0.2) is 36.9 Å². The molecule has 0 aromatic carbocycles. The molecule has 1 unspecified atom stereocenters. The first-order chi connectivity index (χ1) is 8.68. The van der Waals surface area contributed by atoms with Crippen LogP contribution in [0.15, 0.2) is 22.8 Å². The molecule has 1 aliphatic rings. The summed E-state index contributed by atoms with van der Waals surface area (Å²) in [4.78, 5) is 13.1. The molecule has 18 heavy (non-hydrogen) atoms. The predicted octanol–water partition coefficient (Wildman–Crippen LogP) is 1.80. The smallest absolute Gasteiger partial charge is 0.315 e. The first-order valence-electron chi connectivity index (χ1n) is 6.02. The average molecular weight is 258 g/mol. The summed E-state index contributed by atoms with van der Waals surface area (Å²) in [6.45, 7) is 1.95. The molecule has 1 fully saturated rings. The van der Waals surface area contributed by atoms with Gasteiger partial charge in [0.1, 0.15) is 5.76 Å². The highest BCUT2D eigenvalue weighted by atomic mass is 19.3. The molecule has 1 atom stereocenters. The first kappa shape index (κ1) is 13.0. The maximum absolute atomic E-state index is 12.1. The number of alkyl halides is 2. The van der Waals surface area contributed by atoms with Gasteiger partial charge in [0.2, 0.25) is 0 Å². The Kier molecular flexibility index (Phi) is 4.30. The van der Waals surface area contributed by atoms with Gasteiger partial charge in [-0.05, 0) is 38.1 Å². The Bertz CT molecular complexity index is 375. The summed E-state index contributed by atoms with van der Waals surface area (Å²) in [5, 5.41) is 2.26. The minimum Gasteiger partial charge on any atom is -0.468 e. The SMILES string of the molecule is O=C(NCC(c1ccco1)N1CCCC1)C(F)F. The second-order valence-electron chi connectivity index (χ2n) is 4.32. The van der Waals surface area contributed by atoms with Crippen LogP contribution in [0.3, 0.4) is 0 Å². The van der Waals surface area contributed by atoms with Gasteiger partial charge in [-0.15, -0.1) is 0 Å². The average Bonchev–Trinajstić information content (AvgIpc) is 3.01. The van der Waals surface area contributed by atoms with Gasteiger partial charge in [-0.1, -0.05) is 0 Å². The summed E-state index contributed by atoms with van der Waals surface area (Å²) in [6.07, 6.45) is 0.744. The summed E-state index contributed by atoms with van der Waals surface area (Å²) in [7, 11) is 0. The van der Waals surface area contributed by atoms with E-state index in [-0.39, 0.29) is 12.6 Å². The lowest BCUT2D eigenvalue weighted by Gasteiger charge is -2.25. The summed E-state index contributed by atoms with van der Waals surface area (Å²) in [5.41, 5.74) is 0. The maximum atomic E-state index is 12.1. The van der Waals surface area contributed by atoms with Crippen molar-refractivity contribution in [3.05, 3.63) is 24.2 Å². The van der Waals surface area contributed by atoms with Crippen LogP contribution in [0.2, 0.25) is 0 Å². The highest BCUT2D eigenvalue weighted by Crippen LogP contribution is 2.24. The van der Waals surface area contributed by atoms with Crippen LogP contribution < -0.4 is 5.32 Å². The number of nitrogens with zero attached hydrogens (tertiary/aromatic N) is 1. The van der Waals surface area contributed by atoms with E-state index in [1.54, 1.807) is 18.4 Å². The first-order valence-corrected chi connectivity index (χ1v) is 6.02. The topological polar surface area (TPSA) is 45.5 Å². The molecule has 100 valence electrons. The van der Waals surface area contributed by atoms with Crippen molar-refractivity contribution >= 4 is 5.91 Å². The molecule has 0 aliphatic carbocycles. The number of likely N-dealkylation sites (tertiary alicyclic amines) is 1. The number of halogens is 2. The highest BCUT2D eigenvalue weighted by molar-refractivity contribution is 5.79. The van der Waals surface area contributed by atoms with Crippen molar-refractivity contribution in [1.29, 1.82) is 0 Å². The molecule has 1 aliphatic heterocycles. The van der Waals surface area contributed by atoms with Gasteiger partial charge in [-0.25, -0.2) is 0 Å². The van der Waals surface area contributed by atoms with Crippen LogP contribution in [0.25, 0.3) is 0 Å². The second kappa shape index (κ2) is 5.95. The van der Waals surface area contributed by atoms with Crippen molar-refractivity contribution in [1.82, 2.24) is 10.2 Å². The normalized spacial score (nSPS) is 18.2.